The minimum absolute atomic E-state index is 0.0232. The summed E-state index contributed by atoms with van der Waals surface area (Å²) in [4.78, 5) is 23.1. The lowest BCUT2D eigenvalue weighted by atomic mass is 9.93. The van der Waals surface area contributed by atoms with Crippen molar-refractivity contribution in [1.82, 2.24) is 25.1 Å². The Labute approximate surface area is 152 Å². The van der Waals surface area contributed by atoms with Gasteiger partial charge in [0.2, 0.25) is 0 Å². The lowest BCUT2D eigenvalue weighted by Gasteiger charge is -2.31. The fraction of sp³-hybridized carbons (Fsp3) is 0.300. The molecule has 3 aromatic rings. The number of pyridine rings is 1. The molecule has 3 heterocycles. The van der Waals surface area contributed by atoms with Gasteiger partial charge in [-0.15, -0.1) is 0 Å². The van der Waals surface area contributed by atoms with Crippen LogP contribution in [0.5, 0.6) is 0 Å². The van der Waals surface area contributed by atoms with E-state index in [9.17, 15) is 4.79 Å². The maximum atomic E-state index is 12.5. The monoisotopic (exact) mass is 347 g/mol. The van der Waals surface area contributed by atoms with Crippen LogP contribution in [-0.2, 0) is 6.42 Å². The van der Waals surface area contributed by atoms with Crippen LogP contribution in [-0.4, -0.2) is 44.1 Å². The molecule has 0 bridgehead atoms. The van der Waals surface area contributed by atoms with Gasteiger partial charge in [0.25, 0.3) is 5.91 Å². The number of amides is 1. The molecule has 0 spiro atoms. The number of hydrogen-bond donors (Lipinski definition) is 1. The molecule has 0 saturated carbocycles. The first-order valence-electron chi connectivity index (χ1n) is 8.96. The van der Waals surface area contributed by atoms with E-state index in [2.05, 4.69) is 20.2 Å². The second kappa shape index (κ2) is 7.47. The number of nitrogens with zero attached hydrogens (tertiary/aromatic N) is 4. The van der Waals surface area contributed by atoms with Crippen molar-refractivity contribution in [2.45, 2.75) is 19.3 Å². The van der Waals surface area contributed by atoms with Crippen molar-refractivity contribution in [3.05, 3.63) is 66.2 Å². The summed E-state index contributed by atoms with van der Waals surface area (Å²) in [6.07, 6.45) is 4.47. The third kappa shape index (κ3) is 3.64. The Morgan fingerprint density at radius 1 is 1.08 bits per heavy atom. The van der Waals surface area contributed by atoms with Crippen LogP contribution in [0.2, 0.25) is 0 Å². The molecular weight excluding hydrogens is 326 g/mol. The van der Waals surface area contributed by atoms with E-state index in [-0.39, 0.29) is 5.91 Å². The molecule has 1 fully saturated rings. The number of H-pyrrole nitrogens is 1. The lowest BCUT2D eigenvalue weighted by Crippen LogP contribution is -2.39. The van der Waals surface area contributed by atoms with Crippen molar-refractivity contribution in [1.29, 1.82) is 0 Å². The number of aromatic amines is 1. The summed E-state index contributed by atoms with van der Waals surface area (Å²) in [5.74, 6) is 2.19. The molecule has 0 aliphatic carbocycles. The number of hydrogen-bond acceptors (Lipinski definition) is 4. The van der Waals surface area contributed by atoms with Crippen LogP contribution in [0.1, 0.15) is 29.2 Å². The molecule has 6 nitrogen and oxygen atoms in total. The Morgan fingerprint density at radius 2 is 1.85 bits per heavy atom. The third-order valence-corrected chi connectivity index (χ3v) is 4.83. The van der Waals surface area contributed by atoms with Crippen molar-refractivity contribution in [3.63, 3.8) is 0 Å². The van der Waals surface area contributed by atoms with Crippen LogP contribution < -0.4 is 0 Å². The van der Waals surface area contributed by atoms with Crippen LogP contribution in [0.3, 0.4) is 0 Å². The van der Waals surface area contributed by atoms with Gasteiger partial charge in [0.05, 0.1) is 0 Å². The number of carbonyl (C=O) groups is 1. The first-order valence-corrected chi connectivity index (χ1v) is 8.96. The molecule has 1 aliphatic rings. The highest BCUT2D eigenvalue weighted by Gasteiger charge is 2.25. The topological polar surface area (TPSA) is 74.8 Å². The van der Waals surface area contributed by atoms with Gasteiger partial charge < -0.3 is 4.90 Å². The molecule has 132 valence electrons. The molecule has 1 saturated heterocycles. The molecule has 4 rings (SSSR count). The minimum atomic E-state index is 0.0232. The van der Waals surface area contributed by atoms with Crippen LogP contribution in [0.25, 0.3) is 11.4 Å². The fourth-order valence-electron chi connectivity index (χ4n) is 3.37. The average Bonchev–Trinajstić information content (AvgIpc) is 3.18. The first kappa shape index (κ1) is 16.4. The molecule has 6 heteroatoms. The van der Waals surface area contributed by atoms with E-state index in [1.54, 1.807) is 12.3 Å². The summed E-state index contributed by atoms with van der Waals surface area (Å²) in [6, 6.07) is 15.4. The number of piperidine rings is 1. The van der Waals surface area contributed by atoms with Crippen molar-refractivity contribution < 1.29 is 4.79 Å². The molecule has 1 amide bonds. The summed E-state index contributed by atoms with van der Waals surface area (Å²) in [5.41, 5.74) is 1.54. The fourth-order valence-corrected chi connectivity index (χ4v) is 3.37. The zero-order valence-electron chi connectivity index (χ0n) is 14.5. The Kier molecular flexibility index (Phi) is 4.73. The van der Waals surface area contributed by atoms with Crippen molar-refractivity contribution >= 4 is 5.91 Å². The number of benzene rings is 1. The highest BCUT2D eigenvalue weighted by molar-refractivity contribution is 5.92. The van der Waals surface area contributed by atoms with Gasteiger partial charge in [-0.2, -0.15) is 5.10 Å². The molecule has 0 unspecified atom stereocenters. The van der Waals surface area contributed by atoms with E-state index in [4.69, 9.17) is 0 Å². The van der Waals surface area contributed by atoms with Crippen LogP contribution in [0.4, 0.5) is 0 Å². The number of rotatable bonds is 4. The lowest BCUT2D eigenvalue weighted by molar-refractivity contribution is 0.0684. The molecule has 0 atom stereocenters. The molecule has 2 aromatic heterocycles. The van der Waals surface area contributed by atoms with Gasteiger partial charge in [-0.25, -0.2) is 4.98 Å². The zero-order chi connectivity index (χ0) is 17.8. The molecule has 26 heavy (non-hydrogen) atoms. The zero-order valence-corrected chi connectivity index (χ0v) is 14.5. The Balaban J connectivity index is 1.33. The quantitative estimate of drug-likeness (QED) is 0.787. The van der Waals surface area contributed by atoms with Gasteiger partial charge >= 0.3 is 0 Å². The number of likely N-dealkylation sites (tertiary alicyclic amines) is 1. The van der Waals surface area contributed by atoms with Crippen LogP contribution in [0.15, 0.2) is 54.7 Å². The second-order valence-corrected chi connectivity index (χ2v) is 6.63. The van der Waals surface area contributed by atoms with E-state index in [1.165, 1.54) is 0 Å². The Morgan fingerprint density at radius 3 is 2.58 bits per heavy atom. The van der Waals surface area contributed by atoms with Crippen LogP contribution >= 0.6 is 0 Å². The van der Waals surface area contributed by atoms with E-state index in [1.807, 2.05) is 47.4 Å². The normalized spacial score (nSPS) is 15.2. The number of aromatic nitrogens is 4. The van der Waals surface area contributed by atoms with Crippen molar-refractivity contribution in [2.24, 2.45) is 5.92 Å². The van der Waals surface area contributed by atoms with E-state index >= 15 is 0 Å². The van der Waals surface area contributed by atoms with Crippen molar-refractivity contribution in [3.8, 4) is 11.4 Å². The predicted molar refractivity (Wildman–Crippen MR) is 98.4 cm³/mol. The third-order valence-electron chi connectivity index (χ3n) is 4.83. The highest BCUT2D eigenvalue weighted by Crippen LogP contribution is 2.22. The molecule has 1 N–H and O–H groups in total. The Hall–Kier alpha value is -3.02. The molecule has 1 aliphatic heterocycles. The summed E-state index contributed by atoms with van der Waals surface area (Å²) >= 11 is 0. The predicted octanol–water partition coefficient (Wildman–Crippen LogP) is 2.96. The van der Waals surface area contributed by atoms with E-state index in [0.717, 1.165) is 49.6 Å². The maximum absolute atomic E-state index is 12.5. The highest BCUT2D eigenvalue weighted by atomic mass is 16.2. The van der Waals surface area contributed by atoms with Crippen molar-refractivity contribution in [2.75, 3.05) is 13.1 Å². The van der Waals surface area contributed by atoms with Gasteiger partial charge in [-0.05, 0) is 30.9 Å². The number of nitrogens with one attached hydrogen (secondary N) is 1. The van der Waals surface area contributed by atoms with Gasteiger partial charge in [0, 0.05) is 31.3 Å². The van der Waals surface area contributed by atoms with Gasteiger partial charge in [0.15, 0.2) is 5.82 Å². The Bertz CT molecular complexity index is 854. The molecule has 1 aromatic carbocycles. The van der Waals surface area contributed by atoms with Gasteiger partial charge in [0.1, 0.15) is 11.5 Å². The molecule has 0 radical (unpaired) electrons. The number of carbonyl (C=O) groups excluding carboxylic acids is 1. The SMILES string of the molecule is O=C(c1ccccn1)N1CCC(Cc2nc(-c3ccccc3)n[nH]2)CC1. The molecular formula is C20H21N5O. The van der Waals surface area contributed by atoms with Gasteiger partial charge in [-0.3, -0.25) is 14.9 Å². The van der Waals surface area contributed by atoms with Gasteiger partial charge in [-0.1, -0.05) is 36.4 Å². The smallest absolute Gasteiger partial charge is 0.272 e. The summed E-state index contributed by atoms with van der Waals surface area (Å²) in [5, 5.41) is 7.39. The first-order chi connectivity index (χ1) is 12.8. The van der Waals surface area contributed by atoms with E-state index < -0.39 is 0 Å². The van der Waals surface area contributed by atoms with E-state index in [0.29, 0.717) is 11.6 Å². The minimum Gasteiger partial charge on any atom is -0.337 e. The standard InChI is InChI=1S/C20H21N5O/c26-20(17-8-4-5-11-21-17)25-12-9-15(10-13-25)14-18-22-19(24-23-18)16-6-2-1-3-7-16/h1-8,11,15H,9-10,12-14H2,(H,22,23,24). The largest absolute Gasteiger partial charge is 0.337 e. The second-order valence-electron chi connectivity index (χ2n) is 6.63. The van der Waals surface area contributed by atoms with Crippen LogP contribution in [0, 0.1) is 5.92 Å². The summed E-state index contributed by atoms with van der Waals surface area (Å²) in [7, 11) is 0. The summed E-state index contributed by atoms with van der Waals surface area (Å²) in [6.45, 7) is 1.53. The summed E-state index contributed by atoms with van der Waals surface area (Å²) < 4.78 is 0. The average molecular weight is 347 g/mol. The maximum Gasteiger partial charge on any atom is 0.272 e.